The average molecular weight is 224 g/mol. The van der Waals surface area contributed by atoms with Crippen LogP contribution in [0.5, 0.6) is 0 Å². The van der Waals surface area contributed by atoms with Crippen LogP contribution in [0, 0.1) is 0 Å². The van der Waals surface area contributed by atoms with Crippen molar-refractivity contribution in [3.05, 3.63) is 21.6 Å². The van der Waals surface area contributed by atoms with Gasteiger partial charge in [0.05, 0.1) is 0 Å². The topological polar surface area (TPSA) is 37.8 Å². The van der Waals surface area contributed by atoms with Gasteiger partial charge in [0.25, 0.3) is 5.56 Å². The van der Waals surface area contributed by atoms with E-state index in [-0.39, 0.29) is 22.9 Å². The maximum atomic E-state index is 12.3. The predicted octanol–water partition coefficient (Wildman–Crippen LogP) is 3.18. The number of nitrogens with zero attached hydrogens (tertiary/aromatic N) is 1. The van der Waals surface area contributed by atoms with Crippen molar-refractivity contribution in [3.8, 4) is 0 Å². The van der Waals surface area contributed by atoms with Crippen LogP contribution in [0.1, 0.15) is 71.7 Å². The summed E-state index contributed by atoms with van der Waals surface area (Å²) in [5, 5.41) is 3.27. The summed E-state index contributed by atoms with van der Waals surface area (Å²) in [5.41, 5.74) is 2.12. The Balaban J connectivity index is 3.50. The summed E-state index contributed by atoms with van der Waals surface area (Å²) in [6.07, 6.45) is 0. The lowest BCUT2D eigenvalue weighted by Crippen LogP contribution is -2.21. The molecule has 0 aromatic carbocycles. The van der Waals surface area contributed by atoms with Gasteiger partial charge in [-0.05, 0) is 19.8 Å². The normalized spacial score (nSPS) is 12.8. The van der Waals surface area contributed by atoms with E-state index in [9.17, 15) is 4.79 Å². The number of aromatic amines is 1. The maximum Gasteiger partial charge on any atom is 0.270 e. The molecule has 0 fully saturated rings. The Morgan fingerprint density at radius 3 is 1.88 bits per heavy atom. The van der Waals surface area contributed by atoms with Crippen LogP contribution < -0.4 is 5.56 Å². The van der Waals surface area contributed by atoms with Crippen LogP contribution in [-0.2, 0) is 5.41 Å². The monoisotopic (exact) mass is 224 g/mol. The van der Waals surface area contributed by atoms with Crippen molar-refractivity contribution >= 4 is 0 Å². The van der Waals surface area contributed by atoms with Gasteiger partial charge in [0, 0.05) is 22.7 Å². The molecule has 1 aromatic rings. The van der Waals surface area contributed by atoms with Crippen LogP contribution in [-0.4, -0.2) is 9.78 Å². The van der Waals surface area contributed by atoms with Gasteiger partial charge in [-0.2, -0.15) is 0 Å². The first kappa shape index (κ1) is 13.1. The molecule has 0 radical (unpaired) electrons. The fourth-order valence-electron chi connectivity index (χ4n) is 1.94. The van der Waals surface area contributed by atoms with Crippen LogP contribution in [0.25, 0.3) is 0 Å². The molecule has 0 amide bonds. The van der Waals surface area contributed by atoms with Crippen molar-refractivity contribution in [2.45, 2.75) is 65.8 Å². The maximum absolute atomic E-state index is 12.3. The first-order valence-corrected chi connectivity index (χ1v) is 6.01. The van der Waals surface area contributed by atoms with E-state index < -0.39 is 0 Å². The molecular weight excluding hydrogens is 200 g/mol. The molecule has 1 N–H and O–H groups in total. The van der Waals surface area contributed by atoms with E-state index in [2.05, 4.69) is 39.7 Å². The van der Waals surface area contributed by atoms with Crippen LogP contribution in [0.4, 0.5) is 0 Å². The van der Waals surface area contributed by atoms with Gasteiger partial charge in [-0.15, -0.1) is 0 Å². The third-order valence-corrected chi connectivity index (χ3v) is 2.79. The summed E-state index contributed by atoms with van der Waals surface area (Å²) in [6, 6.07) is 0.182. The molecule has 0 bridgehead atoms. The van der Waals surface area contributed by atoms with E-state index in [4.69, 9.17) is 0 Å². The molecule has 16 heavy (non-hydrogen) atoms. The van der Waals surface area contributed by atoms with E-state index in [1.54, 1.807) is 4.68 Å². The van der Waals surface area contributed by atoms with E-state index in [0.29, 0.717) is 0 Å². The molecule has 0 aliphatic heterocycles. The molecule has 0 saturated heterocycles. The molecular formula is C13H24N2O. The Morgan fingerprint density at radius 1 is 1.12 bits per heavy atom. The van der Waals surface area contributed by atoms with Gasteiger partial charge >= 0.3 is 0 Å². The lowest BCUT2D eigenvalue weighted by atomic mass is 9.86. The van der Waals surface area contributed by atoms with Crippen molar-refractivity contribution in [2.75, 3.05) is 0 Å². The molecule has 92 valence electrons. The van der Waals surface area contributed by atoms with Gasteiger partial charge in [-0.1, -0.05) is 34.6 Å². The second-order valence-corrected chi connectivity index (χ2v) is 6.07. The Kier molecular flexibility index (Phi) is 3.36. The third kappa shape index (κ3) is 2.23. The number of rotatable bonds is 2. The van der Waals surface area contributed by atoms with E-state index in [1.165, 1.54) is 0 Å². The van der Waals surface area contributed by atoms with Crippen LogP contribution in [0.2, 0.25) is 0 Å². The molecule has 0 unspecified atom stereocenters. The highest BCUT2D eigenvalue weighted by Crippen LogP contribution is 2.27. The summed E-state index contributed by atoms with van der Waals surface area (Å²) in [5.74, 6) is 0.262. The van der Waals surface area contributed by atoms with Crippen molar-refractivity contribution in [2.24, 2.45) is 0 Å². The highest BCUT2D eigenvalue weighted by Gasteiger charge is 2.26. The molecule has 3 heteroatoms. The Hall–Kier alpha value is -0.990. The molecule has 3 nitrogen and oxygen atoms in total. The number of H-pyrrole nitrogens is 1. The third-order valence-electron chi connectivity index (χ3n) is 2.79. The Labute approximate surface area is 97.8 Å². The van der Waals surface area contributed by atoms with Gasteiger partial charge in [-0.3, -0.25) is 14.6 Å². The summed E-state index contributed by atoms with van der Waals surface area (Å²) in [4.78, 5) is 12.3. The molecule has 0 aliphatic rings. The number of hydrogen-bond acceptors (Lipinski definition) is 1. The smallest absolute Gasteiger partial charge is 0.270 e. The average Bonchev–Trinajstić information content (AvgIpc) is 2.41. The second kappa shape index (κ2) is 4.11. The summed E-state index contributed by atoms with van der Waals surface area (Å²) in [7, 11) is 0. The highest BCUT2D eigenvalue weighted by atomic mass is 16.1. The zero-order valence-corrected chi connectivity index (χ0v) is 11.5. The summed E-state index contributed by atoms with van der Waals surface area (Å²) < 4.78 is 1.73. The largest absolute Gasteiger partial charge is 0.299 e. The van der Waals surface area contributed by atoms with Crippen LogP contribution in [0.3, 0.4) is 0 Å². The Bertz CT molecular complexity index is 416. The SMILES string of the molecule is CC(C)c1c(C(C)(C)C)[nH]n(C(C)C)c1=O. The van der Waals surface area contributed by atoms with Crippen LogP contribution >= 0.6 is 0 Å². The van der Waals surface area contributed by atoms with E-state index >= 15 is 0 Å². The molecule has 0 spiro atoms. The zero-order chi connectivity index (χ0) is 12.7. The fraction of sp³-hybridized carbons (Fsp3) is 0.769. The van der Waals surface area contributed by atoms with Gasteiger partial charge < -0.3 is 0 Å². The number of nitrogens with one attached hydrogen (secondary N) is 1. The molecule has 0 aliphatic carbocycles. The zero-order valence-electron chi connectivity index (χ0n) is 11.5. The molecule has 1 rings (SSSR count). The first-order valence-electron chi connectivity index (χ1n) is 6.01. The van der Waals surface area contributed by atoms with Gasteiger partial charge in [-0.25, -0.2) is 0 Å². The second-order valence-electron chi connectivity index (χ2n) is 6.07. The van der Waals surface area contributed by atoms with Crippen molar-refractivity contribution in [1.82, 2.24) is 9.78 Å². The quantitative estimate of drug-likeness (QED) is 0.823. The Morgan fingerprint density at radius 2 is 1.62 bits per heavy atom. The number of hydrogen-bond donors (Lipinski definition) is 1. The highest BCUT2D eigenvalue weighted by molar-refractivity contribution is 5.27. The minimum atomic E-state index is -0.0150. The van der Waals surface area contributed by atoms with Gasteiger partial charge in [0.15, 0.2) is 0 Å². The lowest BCUT2D eigenvalue weighted by Gasteiger charge is -2.19. The van der Waals surface area contributed by atoms with Crippen molar-refractivity contribution < 1.29 is 0 Å². The fourth-order valence-corrected chi connectivity index (χ4v) is 1.94. The molecule has 1 heterocycles. The van der Waals surface area contributed by atoms with Gasteiger partial charge in [0.1, 0.15) is 0 Å². The van der Waals surface area contributed by atoms with Crippen molar-refractivity contribution in [3.63, 3.8) is 0 Å². The van der Waals surface area contributed by atoms with Crippen LogP contribution in [0.15, 0.2) is 4.79 Å². The van der Waals surface area contributed by atoms with Gasteiger partial charge in [0.2, 0.25) is 0 Å². The molecule has 1 aromatic heterocycles. The minimum Gasteiger partial charge on any atom is -0.299 e. The lowest BCUT2D eigenvalue weighted by molar-refractivity contribution is 0.486. The minimum absolute atomic E-state index is 0.0150. The summed E-state index contributed by atoms with van der Waals surface area (Å²) >= 11 is 0. The molecule has 0 saturated carbocycles. The summed E-state index contributed by atoms with van der Waals surface area (Å²) in [6.45, 7) is 14.6. The molecule has 0 atom stereocenters. The predicted molar refractivity (Wildman–Crippen MR) is 68.2 cm³/mol. The van der Waals surface area contributed by atoms with E-state index in [0.717, 1.165) is 11.3 Å². The standard InChI is InChI=1S/C13H24N2O/c1-8(2)10-11(13(5,6)7)14-15(9(3)4)12(10)16/h8-9,14H,1-7H3. The first-order chi connectivity index (χ1) is 7.16. The number of aromatic nitrogens is 2. The van der Waals surface area contributed by atoms with Crippen molar-refractivity contribution in [1.29, 1.82) is 0 Å². The van der Waals surface area contributed by atoms with E-state index in [1.807, 2.05) is 13.8 Å².